The molecule has 2 aromatic rings. The summed E-state index contributed by atoms with van der Waals surface area (Å²) in [5.74, 6) is -1.12. The van der Waals surface area contributed by atoms with Gasteiger partial charge in [-0.3, -0.25) is 4.98 Å². The Morgan fingerprint density at radius 2 is 1.90 bits per heavy atom. The third-order valence-electron chi connectivity index (χ3n) is 3.22. The van der Waals surface area contributed by atoms with Crippen molar-refractivity contribution in [3.05, 3.63) is 59.4 Å². The SMILES string of the molecule is CNC(Cc1cc(F)cc(F)c1)Cc1cnccc1N. The third-order valence-corrected chi connectivity index (χ3v) is 3.22. The Labute approximate surface area is 116 Å². The van der Waals surface area contributed by atoms with Crippen LogP contribution in [-0.4, -0.2) is 18.1 Å². The maximum Gasteiger partial charge on any atom is 0.126 e. The van der Waals surface area contributed by atoms with Crippen LogP contribution in [0.15, 0.2) is 36.7 Å². The van der Waals surface area contributed by atoms with Crippen molar-refractivity contribution in [3.8, 4) is 0 Å². The van der Waals surface area contributed by atoms with E-state index in [1.807, 2.05) is 7.05 Å². The summed E-state index contributed by atoms with van der Waals surface area (Å²) in [6, 6.07) is 5.34. The van der Waals surface area contributed by atoms with Crippen LogP contribution in [0, 0.1) is 11.6 Å². The number of nitrogens with two attached hydrogens (primary N) is 1. The van der Waals surface area contributed by atoms with Gasteiger partial charge >= 0.3 is 0 Å². The van der Waals surface area contributed by atoms with Gasteiger partial charge in [0.1, 0.15) is 11.6 Å². The molecule has 0 aliphatic carbocycles. The Bertz CT molecular complexity index is 567. The highest BCUT2D eigenvalue weighted by Crippen LogP contribution is 2.15. The summed E-state index contributed by atoms with van der Waals surface area (Å²) in [6.07, 6.45) is 4.51. The lowest BCUT2D eigenvalue weighted by molar-refractivity contribution is 0.543. The predicted molar refractivity (Wildman–Crippen MR) is 75.3 cm³/mol. The summed E-state index contributed by atoms with van der Waals surface area (Å²) >= 11 is 0. The summed E-state index contributed by atoms with van der Waals surface area (Å²) in [6.45, 7) is 0. The van der Waals surface area contributed by atoms with E-state index < -0.39 is 11.6 Å². The number of pyridine rings is 1. The van der Waals surface area contributed by atoms with Gasteiger partial charge in [-0.1, -0.05) is 0 Å². The molecular weight excluding hydrogens is 260 g/mol. The van der Waals surface area contributed by atoms with Crippen molar-refractivity contribution in [3.63, 3.8) is 0 Å². The first-order chi connectivity index (χ1) is 9.58. The zero-order valence-electron chi connectivity index (χ0n) is 11.2. The highest BCUT2D eigenvalue weighted by atomic mass is 19.1. The normalized spacial score (nSPS) is 12.3. The molecule has 5 heteroatoms. The van der Waals surface area contributed by atoms with Crippen molar-refractivity contribution in [1.29, 1.82) is 0 Å². The maximum atomic E-state index is 13.2. The molecule has 0 fully saturated rings. The van der Waals surface area contributed by atoms with Crippen molar-refractivity contribution >= 4 is 5.69 Å². The van der Waals surface area contributed by atoms with Crippen molar-refractivity contribution in [2.24, 2.45) is 0 Å². The average molecular weight is 277 g/mol. The minimum Gasteiger partial charge on any atom is -0.398 e. The topological polar surface area (TPSA) is 50.9 Å². The van der Waals surface area contributed by atoms with Crippen LogP contribution in [0.3, 0.4) is 0 Å². The molecule has 3 nitrogen and oxygen atoms in total. The first-order valence-electron chi connectivity index (χ1n) is 6.39. The number of hydrogen-bond donors (Lipinski definition) is 2. The summed E-state index contributed by atoms with van der Waals surface area (Å²) in [5, 5.41) is 3.14. The van der Waals surface area contributed by atoms with Gasteiger partial charge in [0.25, 0.3) is 0 Å². The van der Waals surface area contributed by atoms with Crippen LogP contribution in [-0.2, 0) is 12.8 Å². The molecule has 20 heavy (non-hydrogen) atoms. The van der Waals surface area contributed by atoms with Crippen molar-refractivity contribution in [2.45, 2.75) is 18.9 Å². The first kappa shape index (κ1) is 14.4. The molecule has 1 aromatic heterocycles. The fraction of sp³-hybridized carbons (Fsp3) is 0.267. The van der Waals surface area contributed by atoms with Crippen LogP contribution in [0.1, 0.15) is 11.1 Å². The zero-order valence-corrected chi connectivity index (χ0v) is 11.2. The van der Waals surface area contributed by atoms with Gasteiger partial charge in [-0.05, 0) is 49.2 Å². The van der Waals surface area contributed by atoms with Crippen LogP contribution < -0.4 is 11.1 Å². The Hall–Kier alpha value is -2.01. The molecule has 1 aromatic carbocycles. The molecule has 1 unspecified atom stereocenters. The number of anilines is 1. The molecule has 106 valence electrons. The number of nitrogens with one attached hydrogen (secondary N) is 1. The van der Waals surface area contributed by atoms with Crippen molar-refractivity contribution < 1.29 is 8.78 Å². The smallest absolute Gasteiger partial charge is 0.126 e. The fourth-order valence-electron chi connectivity index (χ4n) is 2.16. The average Bonchev–Trinajstić information content (AvgIpc) is 2.39. The molecule has 3 N–H and O–H groups in total. The molecule has 2 rings (SSSR count). The van der Waals surface area contributed by atoms with Crippen LogP contribution >= 0.6 is 0 Å². The standard InChI is InChI=1S/C15H17F2N3/c1-19-14(7-11-9-20-3-2-15(11)18)6-10-4-12(16)8-13(17)5-10/h2-5,8-9,14,19H,6-7H2,1H3,(H2,18,20). The maximum absolute atomic E-state index is 13.2. The monoisotopic (exact) mass is 277 g/mol. The lowest BCUT2D eigenvalue weighted by atomic mass is 9.99. The van der Waals surface area contributed by atoms with Crippen LogP contribution in [0.25, 0.3) is 0 Å². The molecule has 0 aliphatic rings. The Kier molecular flexibility index (Phi) is 4.63. The number of aromatic nitrogens is 1. The molecule has 0 spiro atoms. The summed E-state index contributed by atoms with van der Waals surface area (Å²) in [5.41, 5.74) is 8.08. The van der Waals surface area contributed by atoms with Gasteiger partial charge in [0.05, 0.1) is 0 Å². The quantitative estimate of drug-likeness (QED) is 0.882. The molecule has 1 heterocycles. The van der Waals surface area contributed by atoms with E-state index >= 15 is 0 Å². The molecule has 0 aliphatic heterocycles. The minimum atomic E-state index is -0.559. The number of benzene rings is 1. The lowest BCUT2D eigenvalue weighted by Crippen LogP contribution is -2.30. The highest BCUT2D eigenvalue weighted by Gasteiger charge is 2.12. The molecule has 0 radical (unpaired) electrons. The fourth-order valence-corrected chi connectivity index (χ4v) is 2.16. The second-order valence-electron chi connectivity index (χ2n) is 4.75. The summed E-state index contributed by atoms with van der Waals surface area (Å²) < 4.78 is 26.4. The predicted octanol–water partition coefficient (Wildman–Crippen LogP) is 2.32. The summed E-state index contributed by atoms with van der Waals surface area (Å²) in [7, 11) is 1.81. The van der Waals surface area contributed by atoms with E-state index in [2.05, 4.69) is 10.3 Å². The van der Waals surface area contributed by atoms with Crippen molar-refractivity contribution in [1.82, 2.24) is 10.3 Å². The van der Waals surface area contributed by atoms with Gasteiger partial charge in [-0.25, -0.2) is 8.78 Å². The van der Waals surface area contributed by atoms with Gasteiger partial charge in [0.15, 0.2) is 0 Å². The number of nitrogen functional groups attached to an aromatic ring is 1. The molecule has 1 atom stereocenters. The number of likely N-dealkylation sites (N-methyl/N-ethyl adjacent to an activating group) is 1. The minimum absolute atomic E-state index is 0.0303. The number of halogens is 2. The second kappa shape index (κ2) is 6.43. The third kappa shape index (κ3) is 3.74. The largest absolute Gasteiger partial charge is 0.398 e. The van der Waals surface area contributed by atoms with Gasteiger partial charge in [0, 0.05) is 30.2 Å². The molecule has 0 saturated carbocycles. The van der Waals surface area contributed by atoms with Crippen LogP contribution in [0.2, 0.25) is 0 Å². The lowest BCUT2D eigenvalue weighted by Gasteiger charge is -2.17. The van der Waals surface area contributed by atoms with E-state index in [0.29, 0.717) is 24.1 Å². The van der Waals surface area contributed by atoms with E-state index in [1.165, 1.54) is 12.1 Å². The summed E-state index contributed by atoms with van der Waals surface area (Å²) in [4.78, 5) is 4.04. The van der Waals surface area contributed by atoms with E-state index in [-0.39, 0.29) is 6.04 Å². The van der Waals surface area contributed by atoms with Crippen LogP contribution in [0.4, 0.5) is 14.5 Å². The number of rotatable bonds is 5. The highest BCUT2D eigenvalue weighted by molar-refractivity contribution is 5.44. The molecule has 0 bridgehead atoms. The Morgan fingerprint density at radius 3 is 2.50 bits per heavy atom. The number of hydrogen-bond acceptors (Lipinski definition) is 3. The van der Waals surface area contributed by atoms with E-state index in [9.17, 15) is 8.78 Å². The zero-order chi connectivity index (χ0) is 14.5. The van der Waals surface area contributed by atoms with E-state index in [1.54, 1.807) is 18.5 Å². The van der Waals surface area contributed by atoms with Gasteiger partial charge in [0.2, 0.25) is 0 Å². The van der Waals surface area contributed by atoms with Gasteiger partial charge < -0.3 is 11.1 Å². The van der Waals surface area contributed by atoms with Crippen LogP contribution in [0.5, 0.6) is 0 Å². The number of nitrogens with zero attached hydrogens (tertiary/aromatic N) is 1. The molecule has 0 saturated heterocycles. The van der Waals surface area contributed by atoms with E-state index in [4.69, 9.17) is 5.73 Å². The van der Waals surface area contributed by atoms with Gasteiger partial charge in [-0.15, -0.1) is 0 Å². The molecule has 0 amide bonds. The first-order valence-corrected chi connectivity index (χ1v) is 6.39. The van der Waals surface area contributed by atoms with E-state index in [0.717, 1.165) is 11.6 Å². The van der Waals surface area contributed by atoms with Gasteiger partial charge in [-0.2, -0.15) is 0 Å². The second-order valence-corrected chi connectivity index (χ2v) is 4.75. The Morgan fingerprint density at radius 1 is 1.20 bits per heavy atom. The van der Waals surface area contributed by atoms with Crippen molar-refractivity contribution in [2.75, 3.05) is 12.8 Å². The molecular formula is C15H17F2N3. The Balaban J connectivity index is 2.11.